The zero-order valence-electron chi connectivity index (χ0n) is 32.3. The Balaban J connectivity index is 0.761. The van der Waals surface area contributed by atoms with Crippen molar-refractivity contribution in [3.63, 3.8) is 0 Å². The topological polar surface area (TPSA) is 114 Å². The number of aromatic nitrogens is 2. The molecule has 2 saturated carbocycles. The molecule has 11 rings (SSSR count). The van der Waals surface area contributed by atoms with Gasteiger partial charge in [0.1, 0.15) is 17.6 Å². The van der Waals surface area contributed by atoms with Crippen LogP contribution in [-0.2, 0) is 27.0 Å². The van der Waals surface area contributed by atoms with Gasteiger partial charge >= 0.3 is 0 Å². The smallest absolute Gasteiger partial charge is 0.281 e. The first-order valence-corrected chi connectivity index (χ1v) is 22.1. The van der Waals surface area contributed by atoms with E-state index in [-0.39, 0.29) is 40.5 Å². The Labute approximate surface area is 340 Å². The minimum atomic E-state index is -0.624. The molecule has 6 heterocycles. The van der Waals surface area contributed by atoms with Crippen LogP contribution in [0, 0.1) is 5.92 Å². The minimum absolute atomic E-state index is 0.0454. The maximum absolute atomic E-state index is 13.5. The number of amides is 3. The number of nitrogens with one attached hydrogen (secondary N) is 1. The van der Waals surface area contributed by atoms with Crippen molar-refractivity contribution in [2.45, 2.75) is 113 Å². The first kappa shape index (κ1) is 35.8. The molecule has 57 heavy (non-hydrogen) atoms. The normalized spacial score (nSPS) is 26.0. The largest absolute Gasteiger partial charge is 0.492 e. The fourth-order valence-electron chi connectivity index (χ4n) is 12.1. The van der Waals surface area contributed by atoms with E-state index in [2.05, 4.69) is 61.0 Å². The fraction of sp³-hybridized carbons (Fsp3) is 0.500. The van der Waals surface area contributed by atoms with Gasteiger partial charge in [-0.1, -0.05) is 43.5 Å². The number of carbonyl (C=O) groups is 3. The average molecular weight is 831 g/mol. The van der Waals surface area contributed by atoms with Crippen molar-refractivity contribution in [3.8, 4) is 11.4 Å². The van der Waals surface area contributed by atoms with Crippen molar-refractivity contribution in [3.05, 3.63) is 97.0 Å². The van der Waals surface area contributed by atoms with Crippen molar-refractivity contribution < 1.29 is 19.1 Å². The third-order valence-corrected chi connectivity index (χ3v) is 15.8. The molecule has 294 valence electrons. The average Bonchev–Trinajstić information content (AvgIpc) is 3.84. The third-order valence-electron chi connectivity index (χ3n) is 15.2. The maximum Gasteiger partial charge on any atom is 0.281 e. The Kier molecular flexibility index (Phi) is 8.38. The van der Waals surface area contributed by atoms with Gasteiger partial charge in [0.2, 0.25) is 11.8 Å². The molecule has 1 aromatic heterocycles. The summed E-state index contributed by atoms with van der Waals surface area (Å²) >= 11 is 3.66. The summed E-state index contributed by atoms with van der Waals surface area (Å²) < 4.78 is 9.58. The van der Waals surface area contributed by atoms with E-state index in [9.17, 15) is 19.2 Å². The van der Waals surface area contributed by atoms with E-state index in [0.717, 1.165) is 85.3 Å². The first-order valence-electron chi connectivity index (χ1n) is 21.3. The lowest BCUT2D eigenvalue weighted by Crippen LogP contribution is -2.52. The summed E-state index contributed by atoms with van der Waals surface area (Å²) in [5, 5.41) is 3.07. The number of likely N-dealkylation sites (tertiary alicyclic amines) is 1. The molecule has 2 spiro atoms. The minimum Gasteiger partial charge on any atom is -0.492 e. The van der Waals surface area contributed by atoms with Crippen LogP contribution < -0.4 is 15.6 Å². The van der Waals surface area contributed by atoms with Crippen molar-refractivity contribution in [1.82, 2.24) is 24.7 Å². The Morgan fingerprint density at radius 3 is 2.46 bits per heavy atom. The maximum atomic E-state index is 13.5. The highest BCUT2D eigenvalue weighted by molar-refractivity contribution is 9.10. The number of ether oxygens (including phenoxy) is 1. The van der Waals surface area contributed by atoms with E-state index < -0.39 is 6.04 Å². The molecule has 5 aliphatic heterocycles. The molecule has 4 fully saturated rings. The summed E-state index contributed by atoms with van der Waals surface area (Å²) in [7, 11) is 0. The lowest BCUT2D eigenvalue weighted by atomic mass is 9.69. The summed E-state index contributed by atoms with van der Waals surface area (Å²) in [4.78, 5) is 60.4. The standard InChI is InChI=1S/C46H48BrN5O5/c47-34-5-4-6-35-39(34)42(55)49-44-46(17-2-1-3-18-46)32-13-11-29(23-37(32)52(35)44)28-9-7-27(8-10-28)24-50-21-19-45(20-22-50)26-57-40-31-25-51(36-15-16-38(53)48-41(36)54)43(56)30(31)12-14-33(40)45/h4-6,11-14,23,27-28,36H,1-3,7-10,15-22,24-26H2,(H,48,53,54)/t27?,28?,36-/m0/s1. The summed E-state index contributed by atoms with van der Waals surface area (Å²) in [6, 6.07) is 16.7. The van der Waals surface area contributed by atoms with Gasteiger partial charge in [-0.15, -0.1) is 0 Å². The van der Waals surface area contributed by atoms with Crippen LogP contribution in [-0.4, -0.2) is 69.4 Å². The lowest BCUT2D eigenvalue weighted by Gasteiger charge is -2.41. The summed E-state index contributed by atoms with van der Waals surface area (Å²) in [6.45, 7) is 4.19. The van der Waals surface area contributed by atoms with Crippen molar-refractivity contribution in [1.29, 1.82) is 0 Å². The molecular weight excluding hydrogens is 782 g/mol. The predicted molar refractivity (Wildman–Crippen MR) is 219 cm³/mol. The molecule has 7 aliphatic rings. The van der Waals surface area contributed by atoms with Gasteiger partial charge in [-0.05, 0) is 134 Å². The monoisotopic (exact) mass is 829 g/mol. The second-order valence-corrected chi connectivity index (χ2v) is 18.9. The van der Waals surface area contributed by atoms with E-state index in [1.165, 1.54) is 54.5 Å². The SMILES string of the molecule is O=C1CC[C@H](N2Cc3c(ccc4c3OCC43CCN(CC4CCC(c5ccc6c(c5)-n5c(nc(=O)c7c(Br)cccc75)C65CCCCC5)CC4)CC3)C2=O)C(=O)N1. The van der Waals surface area contributed by atoms with E-state index in [1.54, 1.807) is 4.90 Å². The molecule has 3 aromatic carbocycles. The quantitative estimate of drug-likeness (QED) is 0.217. The van der Waals surface area contributed by atoms with Crippen molar-refractivity contribution in [2.75, 3.05) is 26.2 Å². The molecule has 2 aliphatic carbocycles. The van der Waals surface area contributed by atoms with Gasteiger partial charge in [-0.3, -0.25) is 29.1 Å². The van der Waals surface area contributed by atoms with Crippen LogP contribution in [0.15, 0.2) is 57.8 Å². The molecule has 11 heteroatoms. The highest BCUT2D eigenvalue weighted by Crippen LogP contribution is 2.53. The lowest BCUT2D eigenvalue weighted by molar-refractivity contribution is -0.136. The summed E-state index contributed by atoms with van der Waals surface area (Å²) in [6.07, 6.45) is 13.1. The molecule has 3 amide bonds. The van der Waals surface area contributed by atoms with Gasteiger partial charge in [0, 0.05) is 39.5 Å². The predicted octanol–water partition coefficient (Wildman–Crippen LogP) is 7.17. The molecule has 4 aromatic rings. The van der Waals surface area contributed by atoms with Crippen LogP contribution in [0.1, 0.15) is 128 Å². The van der Waals surface area contributed by atoms with E-state index in [4.69, 9.17) is 9.72 Å². The number of hydrogen-bond donors (Lipinski definition) is 1. The zero-order valence-corrected chi connectivity index (χ0v) is 33.9. The number of halogens is 1. The molecule has 1 atom stereocenters. The number of nitrogens with zero attached hydrogens (tertiary/aromatic N) is 4. The number of piperidine rings is 2. The molecule has 1 N–H and O–H groups in total. The third kappa shape index (κ3) is 5.46. The second-order valence-electron chi connectivity index (χ2n) is 18.1. The van der Waals surface area contributed by atoms with Crippen LogP contribution >= 0.6 is 15.9 Å². The first-order chi connectivity index (χ1) is 27.7. The number of benzene rings is 3. The van der Waals surface area contributed by atoms with Crippen LogP contribution in [0.3, 0.4) is 0 Å². The molecule has 0 radical (unpaired) electrons. The number of fused-ring (bicyclic) bond motifs is 11. The fourth-order valence-corrected chi connectivity index (χ4v) is 12.6. The number of rotatable bonds is 4. The summed E-state index contributed by atoms with van der Waals surface area (Å²) in [5.41, 5.74) is 7.32. The highest BCUT2D eigenvalue weighted by Gasteiger charge is 2.49. The van der Waals surface area contributed by atoms with Gasteiger partial charge in [0.05, 0.1) is 35.2 Å². The molecule has 0 unspecified atom stereocenters. The Hall–Kier alpha value is -4.35. The molecular formula is C46H48BrN5O5. The van der Waals surface area contributed by atoms with Gasteiger partial charge in [0.15, 0.2) is 0 Å². The second kappa shape index (κ2) is 13.3. The van der Waals surface area contributed by atoms with Crippen LogP contribution in [0.25, 0.3) is 16.6 Å². The van der Waals surface area contributed by atoms with E-state index >= 15 is 0 Å². The molecule has 0 bridgehead atoms. The summed E-state index contributed by atoms with van der Waals surface area (Å²) in [5.74, 6) is 2.19. The van der Waals surface area contributed by atoms with Crippen LogP contribution in [0.5, 0.6) is 5.75 Å². The van der Waals surface area contributed by atoms with E-state index in [0.29, 0.717) is 42.4 Å². The van der Waals surface area contributed by atoms with E-state index in [1.807, 2.05) is 18.2 Å². The number of hydrogen-bond acceptors (Lipinski definition) is 7. The number of imide groups is 1. The van der Waals surface area contributed by atoms with Crippen molar-refractivity contribution >= 4 is 44.6 Å². The number of carbonyl (C=O) groups excluding carboxylic acids is 3. The van der Waals surface area contributed by atoms with Crippen LogP contribution in [0.2, 0.25) is 0 Å². The zero-order chi connectivity index (χ0) is 38.6. The van der Waals surface area contributed by atoms with Gasteiger partial charge < -0.3 is 14.5 Å². The van der Waals surface area contributed by atoms with Gasteiger partial charge in [0.25, 0.3) is 11.5 Å². The molecule has 10 nitrogen and oxygen atoms in total. The van der Waals surface area contributed by atoms with Crippen molar-refractivity contribution in [2.24, 2.45) is 5.92 Å². The Morgan fingerprint density at radius 1 is 0.877 bits per heavy atom. The van der Waals surface area contributed by atoms with Crippen LogP contribution in [0.4, 0.5) is 0 Å². The molecule has 2 saturated heterocycles. The van der Waals surface area contributed by atoms with Gasteiger partial charge in [-0.25, -0.2) is 0 Å². The Bertz CT molecular complexity index is 2440. The van der Waals surface area contributed by atoms with Gasteiger partial charge in [-0.2, -0.15) is 4.98 Å². The Morgan fingerprint density at radius 2 is 1.67 bits per heavy atom. The highest BCUT2D eigenvalue weighted by atomic mass is 79.9.